The Bertz CT molecular complexity index is 602. The number of allylic oxidation sites excluding steroid dienone is 2. The topological polar surface area (TPSA) is 43.4 Å². The van der Waals surface area contributed by atoms with Crippen molar-refractivity contribution in [1.29, 1.82) is 0 Å². The lowest BCUT2D eigenvalue weighted by Gasteiger charge is -2.58. The molecule has 0 aliphatic heterocycles. The summed E-state index contributed by atoms with van der Waals surface area (Å²) in [6.07, 6.45) is 1.37. The quantitative estimate of drug-likeness (QED) is 0.830. The maximum absolute atomic E-state index is 12.7. The zero-order chi connectivity index (χ0) is 14.5. The van der Waals surface area contributed by atoms with Crippen molar-refractivity contribution in [2.45, 2.75) is 19.8 Å². The van der Waals surface area contributed by atoms with Crippen LogP contribution in [-0.4, -0.2) is 18.7 Å². The Labute approximate surface area is 118 Å². The van der Waals surface area contributed by atoms with Crippen molar-refractivity contribution in [3.8, 4) is 0 Å². The van der Waals surface area contributed by atoms with E-state index in [-0.39, 0.29) is 35.1 Å². The SMILES string of the molecule is COC1=CC(=O)C2[C@@H](C)[C@H](c3ccccc3)[C@@]2(C)C1=O. The highest BCUT2D eigenvalue weighted by molar-refractivity contribution is 6.13. The Morgan fingerprint density at radius 1 is 1.10 bits per heavy atom. The van der Waals surface area contributed by atoms with Gasteiger partial charge in [-0.15, -0.1) is 0 Å². The zero-order valence-electron chi connectivity index (χ0n) is 11.9. The highest BCUT2D eigenvalue weighted by atomic mass is 16.5. The van der Waals surface area contributed by atoms with Gasteiger partial charge in [-0.3, -0.25) is 9.59 Å². The third kappa shape index (κ3) is 1.46. The Morgan fingerprint density at radius 2 is 1.75 bits per heavy atom. The number of hydrogen-bond acceptors (Lipinski definition) is 3. The predicted octanol–water partition coefficient (Wildman–Crippen LogP) is 2.72. The molecule has 1 saturated carbocycles. The van der Waals surface area contributed by atoms with Crippen molar-refractivity contribution in [2.24, 2.45) is 17.3 Å². The van der Waals surface area contributed by atoms with Gasteiger partial charge in [0.15, 0.2) is 11.5 Å². The minimum absolute atomic E-state index is 0.0173. The molecular formula is C17H18O3. The van der Waals surface area contributed by atoms with Crippen molar-refractivity contribution < 1.29 is 14.3 Å². The van der Waals surface area contributed by atoms with Crippen molar-refractivity contribution >= 4 is 11.6 Å². The summed E-state index contributed by atoms with van der Waals surface area (Å²) in [5.74, 6) is 0.193. The molecule has 0 radical (unpaired) electrons. The second-order valence-electron chi connectivity index (χ2n) is 5.95. The molecule has 2 aliphatic rings. The van der Waals surface area contributed by atoms with Crippen LogP contribution in [-0.2, 0) is 14.3 Å². The van der Waals surface area contributed by atoms with E-state index in [0.717, 1.165) is 5.56 Å². The molecule has 0 aromatic heterocycles. The number of rotatable bonds is 2. The number of ketones is 2. The number of carbonyl (C=O) groups is 2. The molecule has 1 fully saturated rings. The number of methoxy groups -OCH3 is 1. The van der Waals surface area contributed by atoms with Crippen LogP contribution in [0.25, 0.3) is 0 Å². The highest BCUT2D eigenvalue weighted by Gasteiger charge is 2.66. The van der Waals surface area contributed by atoms with E-state index in [4.69, 9.17) is 4.74 Å². The lowest BCUT2D eigenvalue weighted by atomic mass is 9.42. The zero-order valence-corrected chi connectivity index (χ0v) is 11.9. The number of hydrogen-bond donors (Lipinski definition) is 0. The lowest BCUT2D eigenvalue weighted by molar-refractivity contribution is -0.159. The minimum Gasteiger partial charge on any atom is -0.493 e. The van der Waals surface area contributed by atoms with Crippen LogP contribution in [0.3, 0.4) is 0 Å². The molecule has 3 rings (SSSR count). The molecule has 4 atom stereocenters. The van der Waals surface area contributed by atoms with Gasteiger partial charge in [0.05, 0.1) is 12.5 Å². The van der Waals surface area contributed by atoms with E-state index in [1.807, 2.05) is 37.3 Å². The van der Waals surface area contributed by atoms with Crippen LogP contribution in [0.4, 0.5) is 0 Å². The first-order chi connectivity index (χ1) is 9.51. The third-order valence-electron chi connectivity index (χ3n) is 5.02. The molecule has 0 spiro atoms. The molecule has 0 amide bonds. The molecule has 20 heavy (non-hydrogen) atoms. The van der Waals surface area contributed by atoms with E-state index >= 15 is 0 Å². The van der Waals surface area contributed by atoms with E-state index in [0.29, 0.717) is 0 Å². The van der Waals surface area contributed by atoms with Crippen molar-refractivity contribution in [3.05, 3.63) is 47.7 Å². The molecule has 3 nitrogen and oxygen atoms in total. The van der Waals surface area contributed by atoms with Crippen LogP contribution in [0.5, 0.6) is 0 Å². The van der Waals surface area contributed by atoms with Gasteiger partial charge in [0, 0.05) is 17.9 Å². The van der Waals surface area contributed by atoms with Gasteiger partial charge in [0.25, 0.3) is 0 Å². The van der Waals surface area contributed by atoms with Crippen LogP contribution in [0, 0.1) is 17.3 Å². The van der Waals surface area contributed by atoms with E-state index in [9.17, 15) is 9.59 Å². The van der Waals surface area contributed by atoms with Gasteiger partial charge in [-0.2, -0.15) is 0 Å². The van der Waals surface area contributed by atoms with Crippen LogP contribution in [0.15, 0.2) is 42.2 Å². The number of carbonyl (C=O) groups excluding carboxylic acids is 2. The summed E-state index contributed by atoms with van der Waals surface area (Å²) in [5.41, 5.74) is 0.454. The Hall–Kier alpha value is -1.90. The van der Waals surface area contributed by atoms with Gasteiger partial charge in [-0.25, -0.2) is 0 Å². The largest absolute Gasteiger partial charge is 0.493 e. The predicted molar refractivity (Wildman–Crippen MR) is 75.1 cm³/mol. The van der Waals surface area contributed by atoms with Crippen LogP contribution >= 0.6 is 0 Å². The smallest absolute Gasteiger partial charge is 0.204 e. The van der Waals surface area contributed by atoms with Crippen molar-refractivity contribution in [3.63, 3.8) is 0 Å². The van der Waals surface area contributed by atoms with E-state index < -0.39 is 5.41 Å². The molecular weight excluding hydrogens is 252 g/mol. The van der Waals surface area contributed by atoms with Gasteiger partial charge in [0.2, 0.25) is 5.78 Å². The summed E-state index contributed by atoms with van der Waals surface area (Å²) >= 11 is 0. The van der Waals surface area contributed by atoms with Crippen LogP contribution in [0.2, 0.25) is 0 Å². The average molecular weight is 270 g/mol. The standard InChI is InChI=1S/C17H18O3/c1-10-14(11-7-5-4-6-8-11)17(2)15(10)12(18)9-13(20-3)16(17)19/h4-10,14-15H,1-3H3/t10-,14+,15?,17+/m0/s1. The van der Waals surface area contributed by atoms with Gasteiger partial charge < -0.3 is 4.74 Å². The van der Waals surface area contributed by atoms with Gasteiger partial charge in [-0.05, 0) is 11.5 Å². The number of ether oxygens (including phenoxy) is 1. The first-order valence-corrected chi connectivity index (χ1v) is 6.91. The molecule has 0 saturated heterocycles. The normalized spacial score (nSPS) is 36.0. The van der Waals surface area contributed by atoms with E-state index in [2.05, 4.69) is 6.92 Å². The fourth-order valence-corrected chi connectivity index (χ4v) is 4.21. The van der Waals surface area contributed by atoms with Gasteiger partial charge in [-0.1, -0.05) is 44.2 Å². The monoisotopic (exact) mass is 270 g/mol. The molecule has 0 bridgehead atoms. The molecule has 3 heteroatoms. The number of Topliss-reactive ketones (excluding diaryl/α,β-unsaturated/α-hetero) is 1. The fraction of sp³-hybridized carbons (Fsp3) is 0.412. The maximum atomic E-state index is 12.7. The van der Waals surface area contributed by atoms with E-state index in [1.54, 1.807) is 0 Å². The summed E-state index contributed by atoms with van der Waals surface area (Å²) in [6.45, 7) is 3.96. The number of benzene rings is 1. The molecule has 1 unspecified atom stereocenters. The Kier molecular flexibility index (Phi) is 2.82. The summed E-state index contributed by atoms with van der Waals surface area (Å²) in [6, 6.07) is 9.97. The highest BCUT2D eigenvalue weighted by Crippen LogP contribution is 2.63. The van der Waals surface area contributed by atoms with Crippen LogP contribution in [0.1, 0.15) is 25.3 Å². The summed E-state index contributed by atoms with van der Waals surface area (Å²) in [7, 11) is 1.44. The van der Waals surface area contributed by atoms with E-state index in [1.165, 1.54) is 13.2 Å². The lowest BCUT2D eigenvalue weighted by Crippen LogP contribution is -2.61. The van der Waals surface area contributed by atoms with Crippen molar-refractivity contribution in [1.82, 2.24) is 0 Å². The Balaban J connectivity index is 2.08. The molecule has 1 aromatic rings. The molecule has 1 aromatic carbocycles. The van der Waals surface area contributed by atoms with Gasteiger partial charge >= 0.3 is 0 Å². The summed E-state index contributed by atoms with van der Waals surface area (Å²) in [4.78, 5) is 24.9. The van der Waals surface area contributed by atoms with Gasteiger partial charge in [0.1, 0.15) is 0 Å². The summed E-state index contributed by atoms with van der Waals surface area (Å²) < 4.78 is 5.10. The third-order valence-corrected chi connectivity index (χ3v) is 5.02. The van der Waals surface area contributed by atoms with Crippen LogP contribution < -0.4 is 0 Å². The second-order valence-corrected chi connectivity index (χ2v) is 5.95. The first-order valence-electron chi connectivity index (χ1n) is 6.91. The maximum Gasteiger partial charge on any atom is 0.204 e. The van der Waals surface area contributed by atoms with Crippen molar-refractivity contribution in [2.75, 3.05) is 7.11 Å². The molecule has 104 valence electrons. The summed E-state index contributed by atoms with van der Waals surface area (Å²) in [5, 5.41) is 0. The average Bonchev–Trinajstić information content (AvgIpc) is 2.43. The number of fused-ring (bicyclic) bond motifs is 1. The first kappa shape index (κ1) is 13.1. The fourth-order valence-electron chi connectivity index (χ4n) is 4.21. The Morgan fingerprint density at radius 3 is 2.35 bits per heavy atom. The molecule has 2 aliphatic carbocycles. The minimum atomic E-state index is -0.669. The molecule has 0 heterocycles. The second kappa shape index (κ2) is 4.30. The molecule has 0 N–H and O–H groups in total.